The Bertz CT molecular complexity index is 490. The molecule has 5 heteroatoms. The maximum absolute atomic E-state index is 12.4. The number of esters is 1. The molecule has 100 valence electrons. The van der Waals surface area contributed by atoms with Gasteiger partial charge >= 0.3 is 5.97 Å². The molecule has 5 rings (SSSR count). The number of hydrogen-bond acceptors (Lipinski definition) is 4. The molecule has 0 N–H and O–H groups in total. The molecule has 0 spiro atoms. The van der Waals surface area contributed by atoms with Crippen LogP contribution >= 0.6 is 0 Å². The third-order valence-corrected chi connectivity index (χ3v) is 5.27. The SMILES string of the molecule is COC(=O)CN1C(=O)[C@@H]2[C@@H]3C=C[C@H]([C@H]4C[C@@H]34)[C@@H]2C1=O. The van der Waals surface area contributed by atoms with Crippen molar-refractivity contribution in [2.24, 2.45) is 35.5 Å². The maximum atomic E-state index is 12.4. The first-order valence-electron chi connectivity index (χ1n) is 6.74. The minimum absolute atomic E-state index is 0.176. The lowest BCUT2D eigenvalue weighted by molar-refractivity contribution is -0.151. The third kappa shape index (κ3) is 1.28. The van der Waals surface area contributed by atoms with Crippen LogP contribution in [0.2, 0.25) is 0 Å². The zero-order valence-corrected chi connectivity index (χ0v) is 10.6. The second-order valence-electron chi connectivity index (χ2n) is 5.99. The molecule has 2 saturated carbocycles. The average Bonchev–Trinajstić information content (AvgIpc) is 3.20. The number of methoxy groups -OCH3 is 1. The molecule has 4 aliphatic carbocycles. The fourth-order valence-electron chi connectivity index (χ4n) is 4.37. The van der Waals surface area contributed by atoms with E-state index in [2.05, 4.69) is 16.9 Å². The molecule has 0 radical (unpaired) electrons. The Hall–Kier alpha value is -1.65. The van der Waals surface area contributed by atoms with Gasteiger partial charge in [-0.25, -0.2) is 0 Å². The molecule has 1 aliphatic heterocycles. The Kier molecular flexibility index (Phi) is 2.04. The molecule has 0 aromatic rings. The number of nitrogens with zero attached hydrogens (tertiary/aromatic N) is 1. The Morgan fingerprint density at radius 3 is 2.21 bits per heavy atom. The van der Waals surface area contributed by atoms with Crippen LogP contribution in [0, 0.1) is 35.5 Å². The molecule has 1 saturated heterocycles. The molecule has 1 heterocycles. The zero-order chi connectivity index (χ0) is 13.3. The lowest BCUT2D eigenvalue weighted by atomic mass is 9.63. The molecule has 19 heavy (non-hydrogen) atoms. The molecular weight excluding hydrogens is 246 g/mol. The normalized spacial score (nSPS) is 45.2. The van der Waals surface area contributed by atoms with Gasteiger partial charge in [0.25, 0.3) is 0 Å². The van der Waals surface area contributed by atoms with Gasteiger partial charge in [0.15, 0.2) is 0 Å². The van der Waals surface area contributed by atoms with Crippen LogP contribution in [-0.4, -0.2) is 36.3 Å². The van der Waals surface area contributed by atoms with Gasteiger partial charge in [-0.15, -0.1) is 0 Å². The van der Waals surface area contributed by atoms with E-state index in [1.165, 1.54) is 7.11 Å². The summed E-state index contributed by atoms with van der Waals surface area (Å²) in [5, 5.41) is 0. The summed E-state index contributed by atoms with van der Waals surface area (Å²) in [6.07, 6.45) is 5.38. The van der Waals surface area contributed by atoms with Gasteiger partial charge < -0.3 is 4.74 Å². The summed E-state index contributed by atoms with van der Waals surface area (Å²) in [7, 11) is 1.26. The van der Waals surface area contributed by atoms with E-state index in [9.17, 15) is 14.4 Å². The van der Waals surface area contributed by atoms with Crippen molar-refractivity contribution in [3.05, 3.63) is 12.2 Å². The number of carbonyl (C=O) groups excluding carboxylic acids is 3. The van der Waals surface area contributed by atoms with Crippen molar-refractivity contribution in [1.29, 1.82) is 0 Å². The van der Waals surface area contributed by atoms with Crippen molar-refractivity contribution in [1.82, 2.24) is 4.90 Å². The van der Waals surface area contributed by atoms with Gasteiger partial charge in [-0.1, -0.05) is 12.2 Å². The monoisotopic (exact) mass is 261 g/mol. The summed E-state index contributed by atoms with van der Waals surface area (Å²) in [6.45, 7) is -0.240. The Morgan fingerprint density at radius 1 is 1.21 bits per heavy atom. The summed E-state index contributed by atoms with van der Waals surface area (Å²) in [4.78, 5) is 37.3. The summed E-state index contributed by atoms with van der Waals surface area (Å²) in [5.74, 6) is 0.253. The highest BCUT2D eigenvalue weighted by atomic mass is 16.5. The standard InChI is InChI=1S/C14H15NO4/c1-19-10(16)5-15-13(17)11-6-2-3-7(9-4-8(6)9)12(11)14(15)18/h2-3,6-9,11-12H,4-5H2,1H3/t6-,7-,8-,9+,11+,12-/m1/s1. The van der Waals surface area contributed by atoms with Crippen molar-refractivity contribution in [3.63, 3.8) is 0 Å². The fraction of sp³-hybridized carbons (Fsp3) is 0.643. The minimum atomic E-state index is -0.536. The number of imide groups is 1. The van der Waals surface area contributed by atoms with Crippen molar-refractivity contribution in [2.45, 2.75) is 6.42 Å². The zero-order valence-electron chi connectivity index (χ0n) is 10.6. The number of rotatable bonds is 2. The Balaban J connectivity index is 1.66. The van der Waals surface area contributed by atoms with Gasteiger partial charge in [0.05, 0.1) is 18.9 Å². The summed E-state index contributed by atoms with van der Waals surface area (Å²) in [5.41, 5.74) is 0. The van der Waals surface area contributed by atoms with E-state index in [4.69, 9.17) is 0 Å². The molecule has 2 amide bonds. The van der Waals surface area contributed by atoms with Gasteiger partial charge in [0.1, 0.15) is 6.54 Å². The molecule has 5 nitrogen and oxygen atoms in total. The lowest BCUT2D eigenvalue weighted by Crippen LogP contribution is -2.40. The van der Waals surface area contributed by atoms with Gasteiger partial charge in [0.2, 0.25) is 11.8 Å². The second-order valence-corrected chi connectivity index (χ2v) is 5.99. The molecule has 0 unspecified atom stereocenters. The number of ether oxygens (including phenoxy) is 1. The predicted octanol–water partition coefficient (Wildman–Crippen LogP) is 0.212. The third-order valence-electron chi connectivity index (χ3n) is 5.27. The molecular formula is C14H15NO4. The van der Waals surface area contributed by atoms with Crippen LogP contribution in [-0.2, 0) is 19.1 Å². The van der Waals surface area contributed by atoms with Crippen LogP contribution in [0.4, 0.5) is 0 Å². The van der Waals surface area contributed by atoms with Crippen LogP contribution in [0.25, 0.3) is 0 Å². The molecule has 5 aliphatic rings. The average molecular weight is 261 g/mol. The largest absolute Gasteiger partial charge is 0.468 e. The van der Waals surface area contributed by atoms with Crippen LogP contribution in [0.3, 0.4) is 0 Å². The van der Waals surface area contributed by atoms with Crippen molar-refractivity contribution >= 4 is 17.8 Å². The molecule has 3 fully saturated rings. The van der Waals surface area contributed by atoms with Crippen molar-refractivity contribution in [3.8, 4) is 0 Å². The number of allylic oxidation sites excluding steroid dienone is 2. The van der Waals surface area contributed by atoms with Crippen LogP contribution in [0.5, 0.6) is 0 Å². The highest BCUT2D eigenvalue weighted by Gasteiger charge is 2.67. The smallest absolute Gasteiger partial charge is 0.325 e. The first kappa shape index (κ1) is 11.2. The minimum Gasteiger partial charge on any atom is -0.468 e. The van der Waals surface area contributed by atoms with E-state index in [-0.39, 0.29) is 42.0 Å². The first-order valence-corrected chi connectivity index (χ1v) is 6.74. The van der Waals surface area contributed by atoms with Crippen LogP contribution in [0.15, 0.2) is 12.2 Å². The van der Waals surface area contributed by atoms with E-state index in [1.807, 2.05) is 0 Å². The number of hydrogen-bond donors (Lipinski definition) is 0. The van der Waals surface area contributed by atoms with Crippen molar-refractivity contribution < 1.29 is 19.1 Å². The Labute approximate surface area is 110 Å². The highest BCUT2D eigenvalue weighted by molar-refractivity contribution is 6.07. The molecule has 2 bridgehead atoms. The fourth-order valence-corrected chi connectivity index (χ4v) is 4.37. The predicted molar refractivity (Wildman–Crippen MR) is 63.4 cm³/mol. The van der Waals surface area contributed by atoms with E-state index < -0.39 is 5.97 Å². The maximum Gasteiger partial charge on any atom is 0.325 e. The summed E-state index contributed by atoms with van der Waals surface area (Å²) >= 11 is 0. The highest BCUT2D eigenvalue weighted by Crippen LogP contribution is 2.65. The topological polar surface area (TPSA) is 63.7 Å². The van der Waals surface area contributed by atoms with Gasteiger partial charge in [-0.2, -0.15) is 0 Å². The van der Waals surface area contributed by atoms with Gasteiger partial charge in [0, 0.05) is 0 Å². The van der Waals surface area contributed by atoms with Gasteiger partial charge in [-0.3, -0.25) is 19.3 Å². The lowest BCUT2D eigenvalue weighted by Gasteiger charge is -2.37. The first-order chi connectivity index (χ1) is 9.13. The van der Waals surface area contributed by atoms with Gasteiger partial charge in [-0.05, 0) is 30.1 Å². The quantitative estimate of drug-likeness (QED) is 0.405. The Morgan fingerprint density at radius 2 is 1.74 bits per heavy atom. The van der Waals surface area contributed by atoms with E-state index in [0.717, 1.165) is 11.3 Å². The van der Waals surface area contributed by atoms with Crippen LogP contribution in [0.1, 0.15) is 6.42 Å². The molecule has 0 aromatic carbocycles. The molecule has 6 atom stereocenters. The summed E-state index contributed by atoms with van der Waals surface area (Å²) < 4.78 is 4.56. The number of amides is 2. The van der Waals surface area contributed by atoms with Crippen LogP contribution < -0.4 is 0 Å². The van der Waals surface area contributed by atoms with E-state index in [1.54, 1.807) is 0 Å². The summed E-state index contributed by atoms with van der Waals surface area (Å²) in [6, 6.07) is 0. The second kappa shape index (κ2) is 3.46. The number of likely N-dealkylation sites (tertiary alicyclic amines) is 1. The van der Waals surface area contributed by atoms with E-state index >= 15 is 0 Å². The van der Waals surface area contributed by atoms with E-state index in [0.29, 0.717) is 11.8 Å². The number of carbonyl (C=O) groups is 3. The molecule has 0 aromatic heterocycles. The van der Waals surface area contributed by atoms with Crippen molar-refractivity contribution in [2.75, 3.05) is 13.7 Å².